The largest absolute Gasteiger partial charge is 0.454 e. The van der Waals surface area contributed by atoms with E-state index in [1.54, 1.807) is 29.0 Å². The SMILES string of the molecule is O=C(NCc1ccc2c(c1)OCO2)[C@@H]1CCCN(c2nccn3nc(-c4ccc(F)cc4)cc23)C1. The minimum absolute atomic E-state index is 0.0276. The van der Waals surface area contributed by atoms with Crippen molar-refractivity contribution in [2.24, 2.45) is 5.92 Å². The Morgan fingerprint density at radius 1 is 1.11 bits per heavy atom. The molecule has 2 aliphatic heterocycles. The van der Waals surface area contributed by atoms with Gasteiger partial charge in [-0.25, -0.2) is 13.9 Å². The highest BCUT2D eigenvalue weighted by molar-refractivity contribution is 5.81. The maximum atomic E-state index is 13.3. The molecule has 2 aromatic carbocycles. The van der Waals surface area contributed by atoms with Gasteiger partial charge in [0.25, 0.3) is 0 Å². The fourth-order valence-corrected chi connectivity index (χ4v) is 4.68. The number of ether oxygens (including phenoxy) is 2. The summed E-state index contributed by atoms with van der Waals surface area (Å²) in [6.45, 7) is 2.06. The number of benzene rings is 2. The molecule has 2 aromatic heterocycles. The van der Waals surface area contributed by atoms with Gasteiger partial charge >= 0.3 is 0 Å². The van der Waals surface area contributed by atoms with Crippen molar-refractivity contribution in [3.05, 3.63) is 72.3 Å². The number of carbonyl (C=O) groups is 1. The zero-order valence-corrected chi connectivity index (χ0v) is 19.0. The van der Waals surface area contributed by atoms with Gasteiger partial charge in [-0.15, -0.1) is 0 Å². The molecular formula is C26H24FN5O3. The summed E-state index contributed by atoms with van der Waals surface area (Å²) in [4.78, 5) is 19.8. The summed E-state index contributed by atoms with van der Waals surface area (Å²) in [5.74, 6) is 1.84. The highest BCUT2D eigenvalue weighted by Gasteiger charge is 2.28. The minimum atomic E-state index is -0.281. The molecule has 0 bridgehead atoms. The molecule has 178 valence electrons. The fraction of sp³-hybridized carbons (Fsp3) is 0.269. The van der Waals surface area contributed by atoms with E-state index in [-0.39, 0.29) is 24.4 Å². The molecule has 0 radical (unpaired) electrons. The van der Waals surface area contributed by atoms with Crippen molar-refractivity contribution in [3.63, 3.8) is 0 Å². The summed E-state index contributed by atoms with van der Waals surface area (Å²) in [6.07, 6.45) is 5.23. The molecule has 0 unspecified atom stereocenters. The maximum Gasteiger partial charge on any atom is 0.231 e. The van der Waals surface area contributed by atoms with Crippen LogP contribution in [0.4, 0.5) is 10.2 Å². The average Bonchev–Trinajstić information content (AvgIpc) is 3.54. The summed E-state index contributed by atoms with van der Waals surface area (Å²) >= 11 is 0. The first kappa shape index (κ1) is 21.4. The van der Waals surface area contributed by atoms with Gasteiger partial charge in [0.2, 0.25) is 12.7 Å². The molecule has 4 heterocycles. The molecule has 0 aliphatic carbocycles. The predicted molar refractivity (Wildman–Crippen MR) is 128 cm³/mol. The summed E-state index contributed by atoms with van der Waals surface area (Å²) in [7, 11) is 0. The Balaban J connectivity index is 1.17. The van der Waals surface area contributed by atoms with Gasteiger partial charge in [0.05, 0.1) is 11.6 Å². The molecule has 8 nitrogen and oxygen atoms in total. The molecule has 0 spiro atoms. The number of aromatic nitrogens is 3. The van der Waals surface area contributed by atoms with Gasteiger partial charge in [-0.1, -0.05) is 6.07 Å². The van der Waals surface area contributed by atoms with Crippen molar-refractivity contribution in [3.8, 4) is 22.8 Å². The average molecular weight is 474 g/mol. The van der Waals surface area contributed by atoms with Crippen molar-refractivity contribution >= 4 is 17.2 Å². The first-order valence-electron chi connectivity index (χ1n) is 11.7. The molecular weight excluding hydrogens is 449 g/mol. The highest BCUT2D eigenvalue weighted by atomic mass is 19.1. The smallest absolute Gasteiger partial charge is 0.231 e. The number of hydrogen-bond acceptors (Lipinski definition) is 6. The Labute approximate surface area is 201 Å². The van der Waals surface area contributed by atoms with Crippen LogP contribution in [0.1, 0.15) is 18.4 Å². The molecule has 1 saturated heterocycles. The zero-order chi connectivity index (χ0) is 23.8. The number of nitrogens with zero attached hydrogens (tertiary/aromatic N) is 4. The van der Waals surface area contributed by atoms with Crippen LogP contribution in [0.15, 0.2) is 60.9 Å². The minimum Gasteiger partial charge on any atom is -0.454 e. The number of rotatable bonds is 5. The second-order valence-electron chi connectivity index (χ2n) is 8.81. The quantitative estimate of drug-likeness (QED) is 0.475. The summed E-state index contributed by atoms with van der Waals surface area (Å²) in [5, 5.41) is 7.71. The summed E-state index contributed by atoms with van der Waals surface area (Å²) in [6, 6.07) is 13.9. The van der Waals surface area contributed by atoms with Gasteiger partial charge in [-0.05, 0) is 60.9 Å². The van der Waals surface area contributed by atoms with Gasteiger partial charge in [-0.2, -0.15) is 5.10 Å². The number of halogens is 1. The topological polar surface area (TPSA) is 81.0 Å². The molecule has 35 heavy (non-hydrogen) atoms. The number of anilines is 1. The van der Waals surface area contributed by atoms with E-state index in [1.807, 2.05) is 24.3 Å². The lowest BCUT2D eigenvalue weighted by Crippen LogP contribution is -2.43. The van der Waals surface area contributed by atoms with Crippen LogP contribution in [0.2, 0.25) is 0 Å². The third-order valence-electron chi connectivity index (χ3n) is 6.50. The van der Waals surface area contributed by atoms with Crippen LogP contribution in [0, 0.1) is 11.7 Å². The Morgan fingerprint density at radius 2 is 1.97 bits per heavy atom. The van der Waals surface area contributed by atoms with Crippen molar-refractivity contribution in [1.29, 1.82) is 0 Å². The predicted octanol–water partition coefficient (Wildman–Crippen LogP) is 3.80. The van der Waals surface area contributed by atoms with Gasteiger partial charge < -0.3 is 19.7 Å². The van der Waals surface area contributed by atoms with E-state index in [0.29, 0.717) is 18.8 Å². The lowest BCUT2D eigenvalue weighted by molar-refractivity contribution is -0.125. The van der Waals surface area contributed by atoms with Crippen LogP contribution >= 0.6 is 0 Å². The standard InChI is InChI=1S/C26H24FN5O3/c27-20-6-4-18(5-7-20)21-13-22-25(28-9-11-32(22)30-21)31-10-1-2-19(15-31)26(33)29-14-17-3-8-23-24(12-17)35-16-34-23/h3-9,11-13,19H,1-2,10,14-16H2,(H,29,33)/t19-/m1/s1. The normalized spacial score (nSPS) is 17.1. The molecule has 4 aromatic rings. The second kappa shape index (κ2) is 8.90. The van der Waals surface area contributed by atoms with Gasteiger partial charge in [0, 0.05) is 37.6 Å². The zero-order valence-electron chi connectivity index (χ0n) is 19.0. The number of amides is 1. The lowest BCUT2D eigenvalue weighted by Gasteiger charge is -2.33. The van der Waals surface area contributed by atoms with E-state index < -0.39 is 0 Å². The molecule has 0 saturated carbocycles. The Bertz CT molecular complexity index is 1390. The molecule has 9 heteroatoms. The van der Waals surface area contributed by atoms with Gasteiger partial charge in [0.15, 0.2) is 17.3 Å². The molecule has 1 amide bonds. The van der Waals surface area contributed by atoms with Crippen LogP contribution in [0.25, 0.3) is 16.8 Å². The van der Waals surface area contributed by atoms with Crippen LogP contribution in [0.3, 0.4) is 0 Å². The molecule has 2 aliphatic rings. The van der Waals surface area contributed by atoms with Crippen molar-refractivity contribution in [2.45, 2.75) is 19.4 Å². The van der Waals surface area contributed by atoms with E-state index in [1.165, 1.54) is 12.1 Å². The fourth-order valence-electron chi connectivity index (χ4n) is 4.68. The molecule has 1 atom stereocenters. The van der Waals surface area contributed by atoms with E-state index in [0.717, 1.165) is 53.3 Å². The number of nitrogens with one attached hydrogen (secondary N) is 1. The second-order valence-corrected chi connectivity index (χ2v) is 8.81. The van der Waals surface area contributed by atoms with Crippen LogP contribution < -0.4 is 19.7 Å². The van der Waals surface area contributed by atoms with E-state index in [9.17, 15) is 9.18 Å². The Morgan fingerprint density at radius 3 is 2.86 bits per heavy atom. The molecule has 6 rings (SSSR count). The van der Waals surface area contributed by atoms with Gasteiger partial charge in [0.1, 0.15) is 11.3 Å². The number of fused-ring (bicyclic) bond motifs is 2. The molecule has 1 fully saturated rings. The Hall–Kier alpha value is -4.14. The third kappa shape index (κ3) is 4.25. The highest BCUT2D eigenvalue weighted by Crippen LogP contribution is 2.33. The Kier molecular flexibility index (Phi) is 5.44. The number of hydrogen-bond donors (Lipinski definition) is 1. The van der Waals surface area contributed by atoms with Gasteiger partial charge in [-0.3, -0.25) is 4.79 Å². The molecule has 1 N–H and O–H groups in total. The number of piperidine rings is 1. The van der Waals surface area contributed by atoms with Crippen molar-refractivity contribution < 1.29 is 18.7 Å². The van der Waals surface area contributed by atoms with E-state index >= 15 is 0 Å². The monoisotopic (exact) mass is 473 g/mol. The van der Waals surface area contributed by atoms with Crippen LogP contribution in [-0.4, -0.2) is 40.4 Å². The summed E-state index contributed by atoms with van der Waals surface area (Å²) < 4.78 is 25.9. The van der Waals surface area contributed by atoms with E-state index in [4.69, 9.17) is 9.47 Å². The van der Waals surface area contributed by atoms with E-state index in [2.05, 4.69) is 20.3 Å². The lowest BCUT2D eigenvalue weighted by atomic mass is 9.97. The number of carbonyl (C=O) groups excluding carboxylic acids is 1. The first-order valence-corrected chi connectivity index (χ1v) is 11.7. The first-order chi connectivity index (χ1) is 17.1. The van der Waals surface area contributed by atoms with Crippen molar-refractivity contribution in [1.82, 2.24) is 19.9 Å². The summed E-state index contributed by atoms with van der Waals surface area (Å²) in [5.41, 5.74) is 3.40. The van der Waals surface area contributed by atoms with Crippen molar-refractivity contribution in [2.75, 3.05) is 24.8 Å². The third-order valence-corrected chi connectivity index (χ3v) is 6.50. The van der Waals surface area contributed by atoms with Crippen LogP contribution in [0.5, 0.6) is 11.5 Å². The van der Waals surface area contributed by atoms with Crippen LogP contribution in [-0.2, 0) is 11.3 Å². The maximum absolute atomic E-state index is 13.3.